The Bertz CT molecular complexity index is 960. The van der Waals surface area contributed by atoms with Gasteiger partial charge in [-0.25, -0.2) is 0 Å². The number of nitro groups is 1. The third-order valence-electron chi connectivity index (χ3n) is 4.61. The second-order valence-electron chi connectivity index (χ2n) is 6.98. The van der Waals surface area contributed by atoms with Gasteiger partial charge in [0.25, 0.3) is 11.7 Å². The van der Waals surface area contributed by atoms with Gasteiger partial charge >= 0.3 is 5.82 Å². The van der Waals surface area contributed by atoms with E-state index in [1.165, 1.54) is 12.1 Å². The van der Waals surface area contributed by atoms with Gasteiger partial charge in [0.05, 0.1) is 0 Å². The Hall–Kier alpha value is -3.49. The van der Waals surface area contributed by atoms with Crippen LogP contribution in [0.15, 0.2) is 36.4 Å². The van der Waals surface area contributed by atoms with Crippen LogP contribution in [0.4, 0.5) is 17.3 Å². The molecule has 29 heavy (non-hydrogen) atoms. The fourth-order valence-corrected chi connectivity index (χ4v) is 3.15. The maximum absolute atomic E-state index is 12.8. The number of benzene rings is 1. The van der Waals surface area contributed by atoms with Gasteiger partial charge in [-0.05, 0) is 39.9 Å². The summed E-state index contributed by atoms with van der Waals surface area (Å²) in [5, 5.41) is 13.9. The quantitative estimate of drug-likeness (QED) is 0.590. The van der Waals surface area contributed by atoms with Crippen molar-refractivity contribution in [1.82, 2.24) is 4.98 Å². The summed E-state index contributed by atoms with van der Waals surface area (Å²) in [5.74, 6) is -0.905. The maximum Gasteiger partial charge on any atom is 0.366 e. The SMILES string of the molecule is CCC1Oc2ccc([N+](=O)[O-])nc2N(CC(=O)Nc2ccccc2C(C)C)C1=O. The van der Waals surface area contributed by atoms with Crippen molar-refractivity contribution in [2.45, 2.75) is 39.2 Å². The van der Waals surface area contributed by atoms with Crippen LogP contribution >= 0.6 is 0 Å². The fraction of sp³-hybridized carbons (Fsp3) is 0.350. The molecule has 1 aromatic carbocycles. The van der Waals surface area contributed by atoms with Crippen LogP contribution in [0.1, 0.15) is 38.7 Å². The summed E-state index contributed by atoms with van der Waals surface area (Å²) in [7, 11) is 0. The highest BCUT2D eigenvalue weighted by atomic mass is 16.6. The summed E-state index contributed by atoms with van der Waals surface area (Å²) in [6.45, 7) is 5.49. The van der Waals surface area contributed by atoms with E-state index in [9.17, 15) is 19.7 Å². The number of carbonyl (C=O) groups is 2. The summed E-state index contributed by atoms with van der Waals surface area (Å²) in [4.78, 5) is 41.0. The van der Waals surface area contributed by atoms with Crippen LogP contribution in [-0.2, 0) is 9.59 Å². The standard InChI is InChI=1S/C20H22N4O5/c1-4-15-20(26)23(19-16(29-15)9-10-17(22-19)24(27)28)11-18(25)21-14-8-6-5-7-13(14)12(2)3/h5-10,12,15H,4,11H2,1-3H3,(H,21,25). The van der Waals surface area contributed by atoms with Gasteiger partial charge in [0.1, 0.15) is 6.54 Å². The first-order valence-corrected chi connectivity index (χ1v) is 9.34. The van der Waals surface area contributed by atoms with Crippen LogP contribution in [0.5, 0.6) is 5.75 Å². The monoisotopic (exact) mass is 398 g/mol. The summed E-state index contributed by atoms with van der Waals surface area (Å²) in [6, 6.07) is 10.0. The Balaban J connectivity index is 1.89. The summed E-state index contributed by atoms with van der Waals surface area (Å²) < 4.78 is 5.60. The van der Waals surface area contributed by atoms with Crippen LogP contribution < -0.4 is 15.0 Å². The Morgan fingerprint density at radius 3 is 2.69 bits per heavy atom. The molecule has 0 saturated carbocycles. The number of amides is 2. The lowest BCUT2D eigenvalue weighted by Gasteiger charge is -2.30. The van der Waals surface area contributed by atoms with Crippen LogP contribution in [0.25, 0.3) is 0 Å². The number of ether oxygens (including phenoxy) is 1. The molecular formula is C20H22N4O5. The molecule has 1 atom stereocenters. The number of carbonyl (C=O) groups excluding carboxylic acids is 2. The number of hydrogen-bond donors (Lipinski definition) is 1. The minimum absolute atomic E-state index is 0.0267. The number of para-hydroxylation sites is 1. The zero-order valence-corrected chi connectivity index (χ0v) is 16.4. The average molecular weight is 398 g/mol. The molecule has 2 heterocycles. The number of hydrogen-bond acceptors (Lipinski definition) is 6. The number of anilines is 2. The predicted octanol–water partition coefficient (Wildman–Crippen LogP) is 3.26. The zero-order valence-electron chi connectivity index (χ0n) is 16.4. The number of pyridine rings is 1. The summed E-state index contributed by atoms with van der Waals surface area (Å²) in [5.41, 5.74) is 1.63. The van der Waals surface area contributed by atoms with Crippen LogP contribution in [-0.4, -0.2) is 34.4 Å². The molecule has 0 aliphatic carbocycles. The molecule has 152 valence electrons. The normalized spacial score (nSPS) is 15.7. The molecule has 1 aromatic heterocycles. The van der Waals surface area contributed by atoms with Gasteiger partial charge in [-0.2, -0.15) is 0 Å². The van der Waals surface area contributed by atoms with Crippen molar-refractivity contribution in [3.05, 3.63) is 52.1 Å². The van der Waals surface area contributed by atoms with Crippen molar-refractivity contribution in [3.8, 4) is 5.75 Å². The van der Waals surface area contributed by atoms with E-state index in [4.69, 9.17) is 4.74 Å². The van der Waals surface area contributed by atoms with E-state index in [-0.39, 0.29) is 24.0 Å². The highest BCUT2D eigenvalue weighted by Gasteiger charge is 2.39. The molecule has 0 saturated heterocycles. The molecule has 0 spiro atoms. The lowest BCUT2D eigenvalue weighted by Crippen LogP contribution is -2.49. The van der Waals surface area contributed by atoms with Gasteiger partial charge in [-0.15, -0.1) is 0 Å². The van der Waals surface area contributed by atoms with E-state index in [2.05, 4.69) is 10.3 Å². The van der Waals surface area contributed by atoms with Gasteiger partial charge in [-0.3, -0.25) is 14.5 Å². The molecule has 0 bridgehead atoms. The minimum Gasteiger partial charge on any atom is -0.474 e. The smallest absolute Gasteiger partial charge is 0.366 e. The second kappa shape index (κ2) is 8.26. The first kappa shape index (κ1) is 20.2. The third kappa shape index (κ3) is 4.18. The number of aromatic nitrogens is 1. The molecule has 0 fully saturated rings. The average Bonchev–Trinajstić information content (AvgIpc) is 2.69. The Kier molecular flexibility index (Phi) is 5.76. The van der Waals surface area contributed by atoms with Crippen molar-refractivity contribution in [1.29, 1.82) is 0 Å². The highest BCUT2D eigenvalue weighted by molar-refractivity contribution is 6.05. The van der Waals surface area contributed by atoms with Crippen molar-refractivity contribution < 1.29 is 19.2 Å². The number of nitrogens with zero attached hydrogens (tertiary/aromatic N) is 3. The molecule has 2 aromatic rings. The van der Waals surface area contributed by atoms with Gasteiger partial charge < -0.3 is 20.2 Å². The summed E-state index contributed by atoms with van der Waals surface area (Å²) in [6.07, 6.45) is -0.384. The molecular weight excluding hydrogens is 376 g/mol. The van der Waals surface area contributed by atoms with E-state index in [0.29, 0.717) is 12.1 Å². The molecule has 3 rings (SSSR count). The lowest BCUT2D eigenvalue weighted by molar-refractivity contribution is -0.389. The predicted molar refractivity (Wildman–Crippen MR) is 107 cm³/mol. The maximum atomic E-state index is 12.8. The highest BCUT2D eigenvalue weighted by Crippen LogP contribution is 2.34. The van der Waals surface area contributed by atoms with Crippen molar-refractivity contribution in [3.63, 3.8) is 0 Å². The Labute approximate surface area is 167 Å². The van der Waals surface area contributed by atoms with Gasteiger partial charge in [0.15, 0.2) is 11.9 Å². The molecule has 2 amide bonds. The molecule has 1 aliphatic heterocycles. The van der Waals surface area contributed by atoms with Gasteiger partial charge in [0, 0.05) is 11.8 Å². The van der Waals surface area contributed by atoms with E-state index in [0.717, 1.165) is 10.5 Å². The first-order valence-electron chi connectivity index (χ1n) is 9.34. The van der Waals surface area contributed by atoms with E-state index in [1.807, 2.05) is 32.0 Å². The molecule has 9 heteroatoms. The van der Waals surface area contributed by atoms with Crippen molar-refractivity contribution in [2.75, 3.05) is 16.8 Å². The van der Waals surface area contributed by atoms with Crippen molar-refractivity contribution in [2.24, 2.45) is 0 Å². The molecule has 1 aliphatic rings. The molecule has 0 radical (unpaired) electrons. The van der Waals surface area contributed by atoms with Gasteiger partial charge in [-0.1, -0.05) is 39.0 Å². The number of nitrogens with one attached hydrogen (secondary N) is 1. The van der Waals surface area contributed by atoms with Crippen LogP contribution in [0.3, 0.4) is 0 Å². The van der Waals surface area contributed by atoms with E-state index in [1.54, 1.807) is 13.0 Å². The topological polar surface area (TPSA) is 115 Å². The van der Waals surface area contributed by atoms with E-state index < -0.39 is 28.7 Å². The number of rotatable bonds is 6. The largest absolute Gasteiger partial charge is 0.474 e. The first-order chi connectivity index (χ1) is 13.8. The third-order valence-corrected chi connectivity index (χ3v) is 4.61. The fourth-order valence-electron chi connectivity index (χ4n) is 3.15. The minimum atomic E-state index is -0.776. The van der Waals surface area contributed by atoms with E-state index >= 15 is 0 Å². The Morgan fingerprint density at radius 2 is 2.03 bits per heavy atom. The molecule has 1 unspecified atom stereocenters. The molecule has 1 N–H and O–H groups in total. The summed E-state index contributed by atoms with van der Waals surface area (Å²) >= 11 is 0. The number of fused-ring (bicyclic) bond motifs is 1. The molecule has 9 nitrogen and oxygen atoms in total. The van der Waals surface area contributed by atoms with Gasteiger partial charge in [0.2, 0.25) is 5.91 Å². The lowest BCUT2D eigenvalue weighted by atomic mass is 10.0. The van der Waals surface area contributed by atoms with Crippen molar-refractivity contribution >= 4 is 29.1 Å². The van der Waals surface area contributed by atoms with Crippen LogP contribution in [0, 0.1) is 10.1 Å². The zero-order chi connectivity index (χ0) is 21.1. The second-order valence-corrected chi connectivity index (χ2v) is 6.98. The van der Waals surface area contributed by atoms with Crippen LogP contribution in [0.2, 0.25) is 0 Å². The Morgan fingerprint density at radius 1 is 1.31 bits per heavy atom.